The van der Waals surface area contributed by atoms with E-state index >= 15 is 0 Å². The molecule has 0 saturated carbocycles. The van der Waals surface area contributed by atoms with E-state index in [-0.39, 0.29) is 12.7 Å². The smallest absolute Gasteiger partial charge is 0.410 e. The van der Waals surface area contributed by atoms with E-state index in [9.17, 15) is 14.9 Å². The molecule has 152 valence electrons. The monoisotopic (exact) mass is 386 g/mol. The lowest BCUT2D eigenvalue weighted by Gasteiger charge is -2.44. The molecule has 1 saturated heterocycles. The number of ether oxygens (including phenoxy) is 2. The number of benzene rings is 1. The zero-order chi connectivity index (χ0) is 20.9. The zero-order valence-electron chi connectivity index (χ0n) is 17.4. The van der Waals surface area contributed by atoms with E-state index in [1.165, 1.54) is 0 Å². The highest BCUT2D eigenvalue weighted by atomic mass is 16.6. The van der Waals surface area contributed by atoms with Gasteiger partial charge in [-0.05, 0) is 53.0 Å². The van der Waals surface area contributed by atoms with Gasteiger partial charge in [-0.1, -0.05) is 29.8 Å². The summed E-state index contributed by atoms with van der Waals surface area (Å²) in [6, 6.07) is 10.1. The molecule has 6 nitrogen and oxygen atoms in total. The van der Waals surface area contributed by atoms with Crippen molar-refractivity contribution in [2.45, 2.75) is 58.5 Å². The third-order valence-electron chi connectivity index (χ3n) is 5.14. The van der Waals surface area contributed by atoms with Crippen LogP contribution in [0.5, 0.6) is 0 Å². The van der Waals surface area contributed by atoms with E-state index in [2.05, 4.69) is 6.07 Å². The summed E-state index contributed by atoms with van der Waals surface area (Å²) >= 11 is 0. The van der Waals surface area contributed by atoms with Crippen LogP contribution in [0.3, 0.4) is 0 Å². The van der Waals surface area contributed by atoms with E-state index < -0.39 is 22.9 Å². The Balaban J connectivity index is 2.32. The predicted molar refractivity (Wildman–Crippen MR) is 106 cm³/mol. The third-order valence-corrected chi connectivity index (χ3v) is 5.14. The molecule has 1 aliphatic heterocycles. The maximum absolute atomic E-state index is 12.6. The molecule has 0 aliphatic carbocycles. The summed E-state index contributed by atoms with van der Waals surface area (Å²) in [5, 5.41) is 9.83. The molecule has 1 atom stereocenters. The highest BCUT2D eigenvalue weighted by Gasteiger charge is 2.48. The molecule has 0 bridgehead atoms. The third kappa shape index (κ3) is 4.83. The van der Waals surface area contributed by atoms with Gasteiger partial charge in [0.1, 0.15) is 5.60 Å². The standard InChI is InChI=1S/C22H30N2O4/c1-6-27-19(25)18(15-23)22(17-9-7-16(2)8-10-17)11-13-24(14-12-22)20(26)28-21(3,4)5/h7-10,18H,6,11-14H2,1-5H3. The highest BCUT2D eigenvalue weighted by molar-refractivity contribution is 5.78. The summed E-state index contributed by atoms with van der Waals surface area (Å²) in [5.74, 6) is -1.42. The SMILES string of the molecule is CCOC(=O)C(C#N)C1(c2ccc(C)cc2)CCN(C(=O)OC(C)(C)C)CC1. The van der Waals surface area contributed by atoms with Crippen LogP contribution in [0.15, 0.2) is 24.3 Å². The molecule has 1 aliphatic rings. The molecule has 1 heterocycles. The van der Waals surface area contributed by atoms with Gasteiger partial charge in [-0.3, -0.25) is 4.79 Å². The second-order valence-corrected chi connectivity index (χ2v) is 8.30. The Bertz CT molecular complexity index is 735. The lowest BCUT2D eigenvalue weighted by Crippen LogP contribution is -2.51. The predicted octanol–water partition coefficient (Wildman–Crippen LogP) is 3.97. The molecule has 1 aromatic carbocycles. The summed E-state index contributed by atoms with van der Waals surface area (Å²) in [6.07, 6.45) is 0.619. The molecule has 0 spiro atoms. The van der Waals surface area contributed by atoms with Gasteiger partial charge in [0.05, 0.1) is 12.7 Å². The molecule has 1 amide bonds. The first kappa shape index (κ1) is 21.7. The van der Waals surface area contributed by atoms with Crippen LogP contribution >= 0.6 is 0 Å². The molecule has 0 aromatic heterocycles. The summed E-state index contributed by atoms with van der Waals surface area (Å²) in [5.41, 5.74) is 0.784. The lowest BCUT2D eigenvalue weighted by atomic mass is 9.64. The summed E-state index contributed by atoms with van der Waals surface area (Å²) in [7, 11) is 0. The average Bonchev–Trinajstić information content (AvgIpc) is 2.62. The molecular formula is C22H30N2O4. The fraction of sp³-hybridized carbons (Fsp3) is 0.591. The van der Waals surface area contributed by atoms with Crippen molar-refractivity contribution >= 4 is 12.1 Å². The minimum atomic E-state index is -0.920. The van der Waals surface area contributed by atoms with Gasteiger partial charge in [-0.25, -0.2) is 4.79 Å². The van der Waals surface area contributed by atoms with Crippen molar-refractivity contribution in [3.05, 3.63) is 35.4 Å². The van der Waals surface area contributed by atoms with Gasteiger partial charge in [0.15, 0.2) is 5.92 Å². The van der Waals surface area contributed by atoms with Gasteiger partial charge in [-0.15, -0.1) is 0 Å². The molecule has 28 heavy (non-hydrogen) atoms. The van der Waals surface area contributed by atoms with Crippen LogP contribution in [0, 0.1) is 24.2 Å². The van der Waals surface area contributed by atoms with Gasteiger partial charge < -0.3 is 14.4 Å². The molecule has 1 unspecified atom stereocenters. The highest BCUT2D eigenvalue weighted by Crippen LogP contribution is 2.43. The Labute approximate surface area is 167 Å². The first-order valence-electron chi connectivity index (χ1n) is 9.74. The number of esters is 1. The number of hydrogen-bond donors (Lipinski definition) is 0. The average molecular weight is 386 g/mol. The Morgan fingerprint density at radius 3 is 2.25 bits per heavy atom. The molecule has 2 rings (SSSR count). The fourth-order valence-electron chi connectivity index (χ4n) is 3.67. The van der Waals surface area contributed by atoms with Crippen molar-refractivity contribution in [2.75, 3.05) is 19.7 Å². The van der Waals surface area contributed by atoms with Crippen LogP contribution in [0.2, 0.25) is 0 Å². The maximum Gasteiger partial charge on any atom is 0.410 e. The van der Waals surface area contributed by atoms with Crippen LogP contribution in [0.1, 0.15) is 51.7 Å². The van der Waals surface area contributed by atoms with E-state index in [1.54, 1.807) is 11.8 Å². The number of carbonyl (C=O) groups excluding carboxylic acids is 2. The number of nitrogens with zero attached hydrogens (tertiary/aromatic N) is 2. The number of rotatable bonds is 4. The van der Waals surface area contributed by atoms with Crippen LogP contribution in [0.4, 0.5) is 4.79 Å². The van der Waals surface area contributed by atoms with Gasteiger partial charge in [0.25, 0.3) is 0 Å². The number of carbonyl (C=O) groups is 2. The second-order valence-electron chi connectivity index (χ2n) is 8.30. The molecule has 1 fully saturated rings. The van der Waals surface area contributed by atoms with Crippen molar-refractivity contribution in [1.29, 1.82) is 5.26 Å². The Morgan fingerprint density at radius 2 is 1.79 bits per heavy atom. The largest absolute Gasteiger partial charge is 0.465 e. The first-order valence-corrected chi connectivity index (χ1v) is 9.74. The van der Waals surface area contributed by atoms with Gasteiger partial charge in [0, 0.05) is 18.5 Å². The van der Waals surface area contributed by atoms with Crippen LogP contribution in [0.25, 0.3) is 0 Å². The number of nitriles is 1. The quantitative estimate of drug-likeness (QED) is 0.732. The number of amides is 1. The van der Waals surface area contributed by atoms with Crippen molar-refractivity contribution in [3.63, 3.8) is 0 Å². The number of likely N-dealkylation sites (tertiary alicyclic amines) is 1. The zero-order valence-corrected chi connectivity index (χ0v) is 17.4. The summed E-state index contributed by atoms with van der Waals surface area (Å²) in [6.45, 7) is 10.3. The molecule has 1 aromatic rings. The summed E-state index contributed by atoms with van der Waals surface area (Å²) < 4.78 is 10.7. The van der Waals surface area contributed by atoms with E-state index in [0.29, 0.717) is 25.9 Å². The van der Waals surface area contributed by atoms with Gasteiger partial charge in [-0.2, -0.15) is 5.26 Å². The minimum absolute atomic E-state index is 0.227. The Kier molecular flexibility index (Phi) is 6.71. The van der Waals surface area contributed by atoms with Gasteiger partial charge >= 0.3 is 12.1 Å². The van der Waals surface area contributed by atoms with Gasteiger partial charge in [0.2, 0.25) is 0 Å². The van der Waals surface area contributed by atoms with Crippen LogP contribution in [-0.2, 0) is 19.7 Å². The van der Waals surface area contributed by atoms with Crippen molar-refractivity contribution in [2.24, 2.45) is 5.92 Å². The van der Waals surface area contributed by atoms with E-state index in [4.69, 9.17) is 9.47 Å². The molecule has 0 radical (unpaired) electrons. The molecular weight excluding hydrogens is 356 g/mol. The van der Waals surface area contributed by atoms with Crippen molar-refractivity contribution < 1.29 is 19.1 Å². The Hall–Kier alpha value is -2.55. The van der Waals surface area contributed by atoms with E-state index in [1.807, 2.05) is 52.0 Å². The molecule has 0 N–H and O–H groups in total. The first-order chi connectivity index (χ1) is 13.1. The second kappa shape index (κ2) is 8.64. The minimum Gasteiger partial charge on any atom is -0.465 e. The normalized spacial score (nSPS) is 17.4. The number of aryl methyl sites for hydroxylation is 1. The van der Waals surface area contributed by atoms with E-state index in [0.717, 1.165) is 11.1 Å². The lowest BCUT2D eigenvalue weighted by molar-refractivity contribution is -0.149. The Morgan fingerprint density at radius 1 is 1.21 bits per heavy atom. The summed E-state index contributed by atoms with van der Waals surface area (Å²) in [4.78, 5) is 26.7. The topological polar surface area (TPSA) is 79.6 Å². The van der Waals surface area contributed by atoms with Crippen LogP contribution in [-0.4, -0.2) is 42.3 Å². The number of piperidine rings is 1. The van der Waals surface area contributed by atoms with Crippen molar-refractivity contribution in [1.82, 2.24) is 4.90 Å². The van der Waals surface area contributed by atoms with Crippen molar-refractivity contribution in [3.8, 4) is 6.07 Å². The fourth-order valence-corrected chi connectivity index (χ4v) is 3.67. The number of hydrogen-bond acceptors (Lipinski definition) is 5. The molecule has 6 heteroatoms. The van der Waals surface area contributed by atoms with Crippen LogP contribution < -0.4 is 0 Å². The maximum atomic E-state index is 12.6.